The summed E-state index contributed by atoms with van der Waals surface area (Å²) in [4.78, 5) is 18.5. The Kier molecular flexibility index (Phi) is 4.46. The Morgan fingerprint density at radius 3 is 2.71 bits per heavy atom. The Bertz CT molecular complexity index is 1040. The van der Waals surface area contributed by atoms with E-state index >= 15 is 0 Å². The molecule has 0 saturated heterocycles. The van der Waals surface area contributed by atoms with Crippen LogP contribution >= 0.6 is 0 Å². The zero-order valence-corrected chi connectivity index (χ0v) is 14.9. The molecule has 146 valence electrons. The van der Waals surface area contributed by atoms with E-state index in [0.29, 0.717) is 11.3 Å². The molecule has 0 spiro atoms. The summed E-state index contributed by atoms with van der Waals surface area (Å²) in [5, 5.41) is 8.95. The first-order valence-electron chi connectivity index (χ1n) is 8.73. The summed E-state index contributed by atoms with van der Waals surface area (Å²) < 4.78 is 39.2. The Morgan fingerprint density at radius 1 is 1.18 bits per heavy atom. The fourth-order valence-electron chi connectivity index (χ4n) is 3.40. The van der Waals surface area contributed by atoms with E-state index in [4.69, 9.17) is 0 Å². The number of aromatic nitrogens is 2. The first kappa shape index (κ1) is 18.3. The molecule has 0 aliphatic carbocycles. The average Bonchev–Trinajstić information content (AvgIpc) is 3.31. The van der Waals surface area contributed by atoms with Crippen LogP contribution in [0.3, 0.4) is 0 Å². The smallest absolute Gasteiger partial charge is 0.370 e. The number of para-hydroxylation sites is 1. The van der Waals surface area contributed by atoms with Gasteiger partial charge >= 0.3 is 6.18 Å². The number of amides is 1. The molecule has 4 rings (SSSR count). The minimum atomic E-state index is -4.60. The Balaban J connectivity index is 1.76. The molecule has 0 radical (unpaired) electrons. The molecule has 1 aliphatic rings. The lowest BCUT2D eigenvalue weighted by atomic mass is 10.0. The second-order valence-electron chi connectivity index (χ2n) is 6.61. The van der Waals surface area contributed by atoms with Crippen LogP contribution in [0.1, 0.15) is 28.6 Å². The summed E-state index contributed by atoms with van der Waals surface area (Å²) in [6.45, 7) is 1.53. The number of carbonyl (C=O) groups excluding carboxylic acids is 1. The number of fused-ring (bicyclic) bond motifs is 2. The van der Waals surface area contributed by atoms with Crippen LogP contribution in [0.15, 0.2) is 36.4 Å². The van der Waals surface area contributed by atoms with Crippen molar-refractivity contribution in [3.05, 3.63) is 58.9 Å². The van der Waals surface area contributed by atoms with Gasteiger partial charge in [0.15, 0.2) is 0 Å². The molecule has 0 fully saturated rings. The molecule has 0 unspecified atom stereocenters. The summed E-state index contributed by atoms with van der Waals surface area (Å²) in [5.74, 6) is -1.46. The van der Waals surface area contributed by atoms with E-state index in [-0.39, 0.29) is 16.9 Å². The van der Waals surface area contributed by atoms with Gasteiger partial charge in [0.25, 0.3) is 0 Å². The summed E-state index contributed by atoms with van der Waals surface area (Å²) in [5.41, 5.74) is 3.71. The lowest BCUT2D eigenvalue weighted by Gasteiger charge is -2.20. The van der Waals surface area contributed by atoms with E-state index in [1.807, 2.05) is 18.2 Å². The topological polar surface area (TPSA) is 81.8 Å². The van der Waals surface area contributed by atoms with E-state index < -0.39 is 18.0 Å². The standard InChI is InChI=1S/C19H18F3N5O/c1-23-17(28)16(25-12-6-5-10-8-24-9-11(10)7-12)13-3-2-4-14-15(13)27-18(26-14)19(20,21)22/h2-7,16,24-25H,8-9H2,1H3,(H,23,28)(H,26,27)/t16-/m1/s1. The van der Waals surface area contributed by atoms with E-state index in [9.17, 15) is 18.0 Å². The predicted molar refractivity (Wildman–Crippen MR) is 98.5 cm³/mol. The highest BCUT2D eigenvalue weighted by Crippen LogP contribution is 2.32. The van der Waals surface area contributed by atoms with E-state index in [0.717, 1.165) is 18.7 Å². The third kappa shape index (κ3) is 3.29. The van der Waals surface area contributed by atoms with E-state index in [1.165, 1.54) is 18.7 Å². The molecular formula is C19H18F3N5O. The van der Waals surface area contributed by atoms with Crippen LogP contribution in [0.5, 0.6) is 0 Å². The zero-order valence-electron chi connectivity index (χ0n) is 14.9. The second kappa shape index (κ2) is 6.83. The summed E-state index contributed by atoms with van der Waals surface area (Å²) in [6.07, 6.45) is -4.60. The molecule has 1 atom stereocenters. The molecule has 1 amide bonds. The zero-order chi connectivity index (χ0) is 19.9. The SMILES string of the molecule is CNC(=O)[C@H](Nc1ccc2c(c1)CNC2)c1cccc2[nH]c(C(F)(F)F)nc12. The minimum absolute atomic E-state index is 0.110. The van der Waals surface area contributed by atoms with Gasteiger partial charge in [0.2, 0.25) is 11.7 Å². The molecule has 3 aromatic rings. The molecule has 9 heteroatoms. The molecule has 2 heterocycles. The Labute approximate surface area is 158 Å². The molecular weight excluding hydrogens is 371 g/mol. The van der Waals surface area contributed by atoms with Gasteiger partial charge in [-0.15, -0.1) is 0 Å². The normalized spacial score (nSPS) is 14.7. The Hall–Kier alpha value is -3.07. The van der Waals surface area contributed by atoms with Gasteiger partial charge in [-0.1, -0.05) is 18.2 Å². The van der Waals surface area contributed by atoms with Gasteiger partial charge in [0, 0.05) is 31.4 Å². The monoisotopic (exact) mass is 389 g/mol. The number of anilines is 1. The molecule has 0 bridgehead atoms. The number of hydrogen-bond donors (Lipinski definition) is 4. The van der Waals surface area contributed by atoms with Crippen LogP contribution in [-0.2, 0) is 24.1 Å². The summed E-state index contributed by atoms with van der Waals surface area (Å²) in [7, 11) is 1.48. The lowest BCUT2D eigenvalue weighted by molar-refractivity contribution is -0.144. The highest BCUT2D eigenvalue weighted by molar-refractivity contribution is 5.91. The van der Waals surface area contributed by atoms with Crippen molar-refractivity contribution >= 4 is 22.6 Å². The minimum Gasteiger partial charge on any atom is -0.370 e. The number of aromatic amines is 1. The van der Waals surface area contributed by atoms with Crippen molar-refractivity contribution in [3.63, 3.8) is 0 Å². The number of carbonyl (C=O) groups is 1. The molecule has 6 nitrogen and oxygen atoms in total. The van der Waals surface area contributed by atoms with Gasteiger partial charge in [-0.3, -0.25) is 4.79 Å². The van der Waals surface area contributed by atoms with Crippen LogP contribution in [0.2, 0.25) is 0 Å². The number of benzene rings is 2. The number of alkyl halides is 3. The molecule has 1 aromatic heterocycles. The van der Waals surface area contributed by atoms with Crippen molar-refractivity contribution in [1.29, 1.82) is 0 Å². The van der Waals surface area contributed by atoms with Crippen LogP contribution in [0.4, 0.5) is 18.9 Å². The van der Waals surface area contributed by atoms with Crippen molar-refractivity contribution in [2.45, 2.75) is 25.3 Å². The van der Waals surface area contributed by atoms with Gasteiger partial charge < -0.3 is 20.9 Å². The first-order valence-corrected chi connectivity index (χ1v) is 8.73. The predicted octanol–water partition coefficient (Wildman–Crippen LogP) is 3.08. The van der Waals surface area contributed by atoms with Gasteiger partial charge in [-0.2, -0.15) is 13.2 Å². The van der Waals surface area contributed by atoms with Crippen molar-refractivity contribution < 1.29 is 18.0 Å². The van der Waals surface area contributed by atoms with Crippen LogP contribution in [-0.4, -0.2) is 22.9 Å². The number of rotatable bonds is 4. The van der Waals surface area contributed by atoms with Crippen LogP contribution < -0.4 is 16.0 Å². The molecule has 4 N–H and O–H groups in total. The van der Waals surface area contributed by atoms with Gasteiger partial charge in [-0.05, 0) is 29.3 Å². The molecule has 28 heavy (non-hydrogen) atoms. The van der Waals surface area contributed by atoms with Gasteiger partial charge in [0.1, 0.15) is 6.04 Å². The fourth-order valence-corrected chi connectivity index (χ4v) is 3.40. The van der Waals surface area contributed by atoms with Crippen LogP contribution in [0.25, 0.3) is 11.0 Å². The fraction of sp³-hybridized carbons (Fsp3) is 0.263. The van der Waals surface area contributed by atoms with E-state index in [2.05, 4.69) is 25.9 Å². The quantitative estimate of drug-likeness (QED) is 0.553. The number of nitrogens with zero attached hydrogens (tertiary/aromatic N) is 1. The molecule has 1 aliphatic heterocycles. The second-order valence-corrected chi connectivity index (χ2v) is 6.61. The van der Waals surface area contributed by atoms with Gasteiger partial charge in [0.05, 0.1) is 11.0 Å². The van der Waals surface area contributed by atoms with Crippen LogP contribution in [0, 0.1) is 0 Å². The maximum absolute atomic E-state index is 13.1. The maximum atomic E-state index is 13.1. The largest absolute Gasteiger partial charge is 0.449 e. The highest BCUT2D eigenvalue weighted by Gasteiger charge is 2.35. The third-order valence-corrected chi connectivity index (χ3v) is 4.78. The summed E-state index contributed by atoms with van der Waals surface area (Å²) >= 11 is 0. The number of likely N-dealkylation sites (N-methyl/N-ethyl adjacent to an activating group) is 1. The maximum Gasteiger partial charge on any atom is 0.449 e. The summed E-state index contributed by atoms with van der Waals surface area (Å²) in [6, 6.07) is 9.57. The van der Waals surface area contributed by atoms with E-state index in [1.54, 1.807) is 12.1 Å². The Morgan fingerprint density at radius 2 is 1.96 bits per heavy atom. The third-order valence-electron chi connectivity index (χ3n) is 4.78. The number of hydrogen-bond acceptors (Lipinski definition) is 4. The molecule has 2 aromatic carbocycles. The highest BCUT2D eigenvalue weighted by atomic mass is 19.4. The van der Waals surface area contributed by atoms with Crippen molar-refractivity contribution in [2.24, 2.45) is 0 Å². The number of H-pyrrole nitrogens is 1. The van der Waals surface area contributed by atoms with Gasteiger partial charge in [-0.25, -0.2) is 4.98 Å². The average molecular weight is 389 g/mol. The number of nitrogens with one attached hydrogen (secondary N) is 4. The van der Waals surface area contributed by atoms with Crippen molar-refractivity contribution in [2.75, 3.05) is 12.4 Å². The lowest BCUT2D eigenvalue weighted by Crippen LogP contribution is -2.31. The molecule has 0 saturated carbocycles. The van der Waals surface area contributed by atoms with Crippen molar-refractivity contribution in [3.8, 4) is 0 Å². The number of halogens is 3. The first-order chi connectivity index (χ1) is 13.4. The number of imidazole rings is 1. The van der Waals surface area contributed by atoms with Crippen molar-refractivity contribution in [1.82, 2.24) is 20.6 Å².